The van der Waals surface area contributed by atoms with Crippen LogP contribution in [0.1, 0.15) is 43.5 Å². The van der Waals surface area contributed by atoms with Gasteiger partial charge in [0.25, 0.3) is 11.7 Å². The summed E-state index contributed by atoms with van der Waals surface area (Å²) in [7, 11) is 1.53. The molecular weight excluding hydrogens is 484 g/mol. The zero-order chi connectivity index (χ0) is 27.6. The molecule has 2 amide bonds. The maximum atomic E-state index is 13.4. The Labute approximate surface area is 221 Å². The van der Waals surface area contributed by atoms with Crippen LogP contribution in [0, 0.1) is 6.92 Å². The Morgan fingerprint density at radius 1 is 1.03 bits per heavy atom. The van der Waals surface area contributed by atoms with Crippen molar-refractivity contribution in [2.45, 2.75) is 39.8 Å². The highest BCUT2D eigenvalue weighted by atomic mass is 16.5. The number of amides is 2. The number of Topliss-reactive ketones (excluding diaryl/α,β-unsaturated/α-hetero) is 1. The minimum atomic E-state index is -0.913. The zero-order valence-electron chi connectivity index (χ0n) is 21.9. The number of benzene rings is 3. The highest BCUT2D eigenvalue weighted by Gasteiger charge is 2.47. The minimum absolute atomic E-state index is 0.0245. The lowest BCUT2D eigenvalue weighted by molar-refractivity contribution is -0.132. The maximum Gasteiger partial charge on any atom is 0.300 e. The van der Waals surface area contributed by atoms with Gasteiger partial charge in [-0.3, -0.25) is 19.3 Å². The number of ketones is 1. The summed E-state index contributed by atoms with van der Waals surface area (Å²) in [5, 5.41) is 14.1. The fourth-order valence-corrected chi connectivity index (χ4v) is 4.47. The minimum Gasteiger partial charge on any atom is -0.507 e. The molecule has 1 aliphatic rings. The second-order valence-electron chi connectivity index (χ2n) is 9.32. The molecule has 0 radical (unpaired) electrons. The monoisotopic (exact) mass is 514 g/mol. The molecule has 0 spiro atoms. The van der Waals surface area contributed by atoms with Gasteiger partial charge in [-0.25, -0.2) is 0 Å². The predicted octanol–water partition coefficient (Wildman–Crippen LogP) is 5.38. The van der Waals surface area contributed by atoms with E-state index in [9.17, 15) is 19.5 Å². The summed E-state index contributed by atoms with van der Waals surface area (Å²) < 4.78 is 11.2. The first-order valence-corrected chi connectivity index (χ1v) is 12.2. The number of rotatable bonds is 7. The molecule has 38 heavy (non-hydrogen) atoms. The Hall–Kier alpha value is -4.59. The van der Waals surface area contributed by atoms with Crippen LogP contribution in [0.5, 0.6) is 11.5 Å². The van der Waals surface area contributed by atoms with Gasteiger partial charge in [0, 0.05) is 23.9 Å². The van der Waals surface area contributed by atoms with Crippen LogP contribution in [0.15, 0.2) is 72.3 Å². The molecule has 4 rings (SSSR count). The van der Waals surface area contributed by atoms with E-state index in [1.54, 1.807) is 66.7 Å². The van der Waals surface area contributed by atoms with Crippen molar-refractivity contribution in [3.05, 3.63) is 89.0 Å². The second kappa shape index (κ2) is 10.8. The number of carbonyl (C=O) groups excluding carboxylic acids is 3. The third kappa shape index (κ3) is 5.25. The number of aliphatic hydroxyl groups is 1. The first kappa shape index (κ1) is 26.5. The van der Waals surface area contributed by atoms with E-state index in [4.69, 9.17) is 9.47 Å². The van der Waals surface area contributed by atoms with Gasteiger partial charge < -0.3 is 19.9 Å². The fourth-order valence-electron chi connectivity index (χ4n) is 4.47. The Balaban J connectivity index is 1.87. The van der Waals surface area contributed by atoms with Gasteiger partial charge in [-0.1, -0.05) is 12.1 Å². The van der Waals surface area contributed by atoms with Gasteiger partial charge in [-0.2, -0.15) is 0 Å². The van der Waals surface area contributed by atoms with Crippen molar-refractivity contribution in [2.75, 3.05) is 17.3 Å². The first-order chi connectivity index (χ1) is 18.1. The van der Waals surface area contributed by atoms with Crippen LogP contribution in [-0.4, -0.2) is 35.9 Å². The van der Waals surface area contributed by atoms with Gasteiger partial charge in [-0.05, 0) is 86.5 Å². The van der Waals surface area contributed by atoms with Crippen LogP contribution in [0.3, 0.4) is 0 Å². The summed E-state index contributed by atoms with van der Waals surface area (Å²) in [4.78, 5) is 39.6. The molecule has 1 aliphatic heterocycles. The third-order valence-electron chi connectivity index (χ3n) is 6.13. The van der Waals surface area contributed by atoms with E-state index < -0.39 is 17.7 Å². The Bertz CT molecular complexity index is 1420. The predicted molar refractivity (Wildman–Crippen MR) is 145 cm³/mol. The Morgan fingerprint density at radius 2 is 1.74 bits per heavy atom. The van der Waals surface area contributed by atoms with E-state index in [0.29, 0.717) is 34.0 Å². The average Bonchev–Trinajstić information content (AvgIpc) is 3.15. The standard InChI is InChI=1S/C30H30N2O6/c1-17(2)38-25-14-9-21(15-18(25)3)28(34)26-27(20-7-6-8-24(16-20)37-5)32(30(36)29(26)35)23-12-10-22(11-13-23)31-19(4)33/h6-17,27,34H,1-5H3,(H,31,33)/b28-26+. The Kier molecular flexibility index (Phi) is 7.52. The van der Waals surface area contributed by atoms with E-state index >= 15 is 0 Å². The molecule has 1 fully saturated rings. The number of nitrogens with one attached hydrogen (secondary N) is 1. The van der Waals surface area contributed by atoms with Crippen LogP contribution < -0.4 is 19.7 Å². The lowest BCUT2D eigenvalue weighted by atomic mass is 9.94. The lowest BCUT2D eigenvalue weighted by Crippen LogP contribution is -2.29. The quantitative estimate of drug-likeness (QED) is 0.249. The third-order valence-corrected chi connectivity index (χ3v) is 6.13. The van der Waals surface area contributed by atoms with E-state index in [1.165, 1.54) is 18.9 Å². The van der Waals surface area contributed by atoms with Gasteiger partial charge in [0.1, 0.15) is 17.3 Å². The van der Waals surface area contributed by atoms with E-state index in [0.717, 1.165) is 5.56 Å². The van der Waals surface area contributed by atoms with Crippen molar-refractivity contribution in [1.29, 1.82) is 0 Å². The van der Waals surface area contributed by atoms with Crippen LogP contribution in [0.2, 0.25) is 0 Å². The van der Waals surface area contributed by atoms with Crippen molar-refractivity contribution >= 4 is 34.7 Å². The Morgan fingerprint density at radius 3 is 2.34 bits per heavy atom. The molecule has 3 aromatic carbocycles. The molecule has 0 aliphatic carbocycles. The molecule has 1 saturated heterocycles. The molecule has 0 bridgehead atoms. The van der Waals surface area contributed by atoms with Gasteiger partial charge >= 0.3 is 0 Å². The molecule has 0 saturated carbocycles. The van der Waals surface area contributed by atoms with Crippen LogP contribution in [-0.2, 0) is 14.4 Å². The summed E-state index contributed by atoms with van der Waals surface area (Å²) in [5.74, 6) is -0.882. The highest BCUT2D eigenvalue weighted by molar-refractivity contribution is 6.51. The van der Waals surface area contributed by atoms with E-state index in [1.807, 2.05) is 20.8 Å². The van der Waals surface area contributed by atoms with E-state index in [2.05, 4.69) is 5.32 Å². The molecule has 0 aromatic heterocycles. The number of anilines is 2. The second-order valence-corrected chi connectivity index (χ2v) is 9.32. The lowest BCUT2D eigenvalue weighted by Gasteiger charge is -2.26. The normalized spacial score (nSPS) is 16.6. The van der Waals surface area contributed by atoms with E-state index in [-0.39, 0.29) is 23.3 Å². The van der Waals surface area contributed by atoms with Crippen molar-refractivity contribution in [1.82, 2.24) is 0 Å². The number of nitrogens with zero attached hydrogens (tertiary/aromatic N) is 1. The molecule has 3 aromatic rings. The fraction of sp³-hybridized carbons (Fsp3) is 0.233. The molecule has 2 N–H and O–H groups in total. The van der Waals surface area contributed by atoms with Crippen molar-refractivity contribution in [2.24, 2.45) is 0 Å². The van der Waals surface area contributed by atoms with Gasteiger partial charge in [-0.15, -0.1) is 0 Å². The number of hydrogen-bond acceptors (Lipinski definition) is 6. The summed E-state index contributed by atoms with van der Waals surface area (Å²) >= 11 is 0. The van der Waals surface area contributed by atoms with Crippen molar-refractivity contribution < 1.29 is 29.0 Å². The van der Waals surface area contributed by atoms with Crippen LogP contribution >= 0.6 is 0 Å². The van der Waals surface area contributed by atoms with Crippen LogP contribution in [0.4, 0.5) is 11.4 Å². The highest BCUT2D eigenvalue weighted by Crippen LogP contribution is 2.43. The average molecular weight is 515 g/mol. The largest absolute Gasteiger partial charge is 0.507 e. The number of ether oxygens (including phenoxy) is 2. The molecule has 196 valence electrons. The number of hydrogen-bond donors (Lipinski definition) is 2. The first-order valence-electron chi connectivity index (χ1n) is 12.2. The zero-order valence-corrected chi connectivity index (χ0v) is 21.9. The number of aryl methyl sites for hydroxylation is 1. The SMILES string of the molecule is COc1cccc(C2/C(=C(\O)c3ccc(OC(C)C)c(C)c3)C(=O)C(=O)N2c2ccc(NC(C)=O)cc2)c1. The van der Waals surface area contributed by atoms with Crippen molar-refractivity contribution in [3.8, 4) is 11.5 Å². The number of carbonyl (C=O) groups is 3. The number of aliphatic hydroxyl groups excluding tert-OH is 1. The molecule has 1 unspecified atom stereocenters. The van der Waals surface area contributed by atoms with Gasteiger partial charge in [0.05, 0.1) is 24.8 Å². The molecular formula is C30H30N2O6. The van der Waals surface area contributed by atoms with Gasteiger partial charge in [0.15, 0.2) is 0 Å². The maximum absolute atomic E-state index is 13.4. The smallest absolute Gasteiger partial charge is 0.300 e. The topological polar surface area (TPSA) is 105 Å². The summed E-state index contributed by atoms with van der Waals surface area (Å²) in [6, 6.07) is 17.8. The molecule has 8 heteroatoms. The molecule has 1 atom stereocenters. The van der Waals surface area contributed by atoms with Gasteiger partial charge in [0.2, 0.25) is 5.91 Å². The molecule has 8 nitrogen and oxygen atoms in total. The summed E-state index contributed by atoms with van der Waals surface area (Å²) in [6.07, 6.45) is -0.0245. The summed E-state index contributed by atoms with van der Waals surface area (Å²) in [6.45, 7) is 7.10. The van der Waals surface area contributed by atoms with Crippen molar-refractivity contribution in [3.63, 3.8) is 0 Å². The summed E-state index contributed by atoms with van der Waals surface area (Å²) in [5.41, 5.74) is 2.72. The molecule has 1 heterocycles. The van der Waals surface area contributed by atoms with Crippen LogP contribution in [0.25, 0.3) is 5.76 Å². The number of methoxy groups -OCH3 is 1.